The average molecular weight is 190 g/mol. The fourth-order valence-corrected chi connectivity index (χ4v) is 0.816. The number of nitrogens with two attached hydrogens (primary N) is 1. The molecular weight excluding hydrogens is 172 g/mol. The molecule has 0 bridgehead atoms. The third kappa shape index (κ3) is 4.54. The quantitative estimate of drug-likeness (QED) is 0.449. The normalized spacial score (nSPS) is 23.5. The highest BCUT2D eigenvalue weighted by Gasteiger charge is 2.26. The lowest BCUT2D eigenvalue weighted by Crippen LogP contribution is -2.34. The average Bonchev–Trinajstić information content (AvgIpc) is 2.95. The first kappa shape index (κ1) is 10.9. The molecule has 5 nitrogen and oxygen atoms in total. The Hall–Kier alpha value is -0.200. The van der Waals surface area contributed by atoms with Crippen LogP contribution in [0, 0.1) is 0 Å². The predicted octanol–water partition coefficient (Wildman–Crippen LogP) is -0.0825. The summed E-state index contributed by atoms with van der Waals surface area (Å²) in [7, 11) is 1.57. The third-order valence-electron chi connectivity index (χ3n) is 1.92. The van der Waals surface area contributed by atoms with Crippen LogP contribution in [0.3, 0.4) is 0 Å². The van der Waals surface area contributed by atoms with Crippen molar-refractivity contribution >= 4 is 0 Å². The molecule has 13 heavy (non-hydrogen) atoms. The Kier molecular flexibility index (Phi) is 4.61. The van der Waals surface area contributed by atoms with Crippen LogP contribution in [0.4, 0.5) is 0 Å². The van der Waals surface area contributed by atoms with Gasteiger partial charge in [0, 0.05) is 6.04 Å². The van der Waals surface area contributed by atoms with E-state index in [9.17, 15) is 0 Å². The number of ether oxygens (including phenoxy) is 1. The topological polar surface area (TPSA) is 60.2 Å². The smallest absolute Gasteiger partial charge is 0.0984 e. The summed E-state index contributed by atoms with van der Waals surface area (Å²) in [5.74, 6) is 0. The van der Waals surface area contributed by atoms with Crippen molar-refractivity contribution in [3.8, 4) is 0 Å². The minimum absolute atomic E-state index is 0.0674. The van der Waals surface area contributed by atoms with E-state index in [1.165, 1.54) is 5.23 Å². The van der Waals surface area contributed by atoms with Crippen molar-refractivity contribution in [3.63, 3.8) is 0 Å². The SMILES string of the molecule is CCC(N)CON(CC1CO1)OC. The highest BCUT2D eigenvalue weighted by Crippen LogP contribution is 2.11. The summed E-state index contributed by atoms with van der Waals surface area (Å²) in [4.78, 5) is 10.3. The number of hydroxylamine groups is 2. The largest absolute Gasteiger partial charge is 0.372 e. The Morgan fingerprint density at radius 2 is 2.38 bits per heavy atom. The molecule has 5 heteroatoms. The van der Waals surface area contributed by atoms with Crippen molar-refractivity contribution in [2.45, 2.75) is 25.5 Å². The van der Waals surface area contributed by atoms with Gasteiger partial charge in [-0.25, -0.2) is 0 Å². The number of nitrogens with zero attached hydrogens (tertiary/aromatic N) is 1. The fourth-order valence-electron chi connectivity index (χ4n) is 0.816. The van der Waals surface area contributed by atoms with Crippen LogP contribution in [0.2, 0.25) is 0 Å². The van der Waals surface area contributed by atoms with Crippen LogP contribution in [0.5, 0.6) is 0 Å². The van der Waals surface area contributed by atoms with Gasteiger partial charge in [0.2, 0.25) is 0 Å². The first-order valence-corrected chi connectivity index (χ1v) is 4.58. The van der Waals surface area contributed by atoms with Gasteiger partial charge in [-0.2, -0.15) is 0 Å². The molecule has 0 aromatic rings. The highest BCUT2D eigenvalue weighted by atomic mass is 16.9. The van der Waals surface area contributed by atoms with Crippen molar-refractivity contribution in [2.75, 3.05) is 26.9 Å². The molecule has 1 aliphatic rings. The molecule has 0 amide bonds. The molecule has 0 saturated carbocycles. The Morgan fingerprint density at radius 3 is 2.85 bits per heavy atom. The van der Waals surface area contributed by atoms with Gasteiger partial charge in [-0.1, -0.05) is 12.2 Å². The van der Waals surface area contributed by atoms with E-state index in [4.69, 9.17) is 20.1 Å². The summed E-state index contributed by atoms with van der Waals surface area (Å²) in [6.45, 7) is 3.95. The molecular formula is C8H18N2O3. The van der Waals surface area contributed by atoms with Crippen LogP contribution in [0.1, 0.15) is 13.3 Å². The molecule has 2 N–H and O–H groups in total. The van der Waals surface area contributed by atoms with E-state index in [1.54, 1.807) is 7.11 Å². The molecule has 0 aliphatic carbocycles. The van der Waals surface area contributed by atoms with Crippen LogP contribution in [-0.4, -0.2) is 44.2 Å². The molecule has 0 spiro atoms. The first-order chi connectivity index (χ1) is 6.26. The molecule has 1 rings (SSSR count). The summed E-state index contributed by atoms with van der Waals surface area (Å²) in [6, 6.07) is 0.0674. The van der Waals surface area contributed by atoms with E-state index in [2.05, 4.69) is 0 Å². The second-order valence-electron chi connectivity index (χ2n) is 3.12. The lowest BCUT2D eigenvalue weighted by Gasteiger charge is -2.19. The van der Waals surface area contributed by atoms with Gasteiger partial charge in [0.1, 0.15) is 0 Å². The molecule has 1 heterocycles. The van der Waals surface area contributed by atoms with Gasteiger partial charge in [0.25, 0.3) is 0 Å². The van der Waals surface area contributed by atoms with Gasteiger partial charge in [-0.15, -0.1) is 0 Å². The van der Waals surface area contributed by atoms with Crippen molar-refractivity contribution in [3.05, 3.63) is 0 Å². The standard InChI is InChI=1S/C8H18N2O3/c1-3-7(9)5-13-10(11-2)4-8-6-12-8/h7-8H,3-6,9H2,1-2H3. The molecule has 0 aromatic carbocycles. The molecule has 2 atom stereocenters. The van der Waals surface area contributed by atoms with Gasteiger partial charge in [-0.05, 0) is 6.42 Å². The predicted molar refractivity (Wildman–Crippen MR) is 47.7 cm³/mol. The lowest BCUT2D eigenvalue weighted by molar-refractivity contribution is -0.358. The van der Waals surface area contributed by atoms with Crippen molar-refractivity contribution in [1.82, 2.24) is 5.23 Å². The van der Waals surface area contributed by atoms with Crippen molar-refractivity contribution in [2.24, 2.45) is 5.73 Å². The van der Waals surface area contributed by atoms with E-state index in [1.807, 2.05) is 6.92 Å². The van der Waals surface area contributed by atoms with Gasteiger partial charge >= 0.3 is 0 Å². The summed E-state index contributed by atoms with van der Waals surface area (Å²) in [5, 5.41) is 1.42. The molecule has 0 aromatic heterocycles. The number of rotatable bonds is 7. The van der Waals surface area contributed by atoms with Crippen LogP contribution >= 0.6 is 0 Å². The zero-order chi connectivity index (χ0) is 9.68. The molecule has 1 fully saturated rings. The minimum Gasteiger partial charge on any atom is -0.372 e. The maximum absolute atomic E-state index is 5.68. The molecule has 1 saturated heterocycles. The fraction of sp³-hybridized carbons (Fsp3) is 1.00. The number of hydrogen-bond acceptors (Lipinski definition) is 5. The number of epoxide rings is 1. The van der Waals surface area contributed by atoms with E-state index in [0.29, 0.717) is 13.2 Å². The zero-order valence-corrected chi connectivity index (χ0v) is 8.23. The second-order valence-corrected chi connectivity index (χ2v) is 3.12. The molecule has 78 valence electrons. The Morgan fingerprint density at radius 1 is 1.69 bits per heavy atom. The zero-order valence-electron chi connectivity index (χ0n) is 8.23. The van der Waals surface area contributed by atoms with Gasteiger partial charge in [0.15, 0.2) is 0 Å². The van der Waals surface area contributed by atoms with E-state index >= 15 is 0 Å². The van der Waals surface area contributed by atoms with Crippen molar-refractivity contribution < 1.29 is 14.4 Å². The van der Waals surface area contributed by atoms with Crippen molar-refractivity contribution in [1.29, 1.82) is 0 Å². The highest BCUT2D eigenvalue weighted by molar-refractivity contribution is 4.69. The monoisotopic (exact) mass is 190 g/mol. The summed E-state index contributed by atoms with van der Waals surface area (Å²) in [5.41, 5.74) is 5.68. The minimum atomic E-state index is 0.0674. The first-order valence-electron chi connectivity index (χ1n) is 4.58. The Bertz CT molecular complexity index is 141. The molecule has 2 unspecified atom stereocenters. The second kappa shape index (κ2) is 5.51. The van der Waals surface area contributed by atoms with Crippen LogP contribution in [-0.2, 0) is 14.4 Å². The lowest BCUT2D eigenvalue weighted by atomic mass is 10.3. The van der Waals surface area contributed by atoms with Crippen LogP contribution in [0.25, 0.3) is 0 Å². The van der Waals surface area contributed by atoms with Gasteiger partial charge < -0.3 is 10.5 Å². The van der Waals surface area contributed by atoms with Crippen LogP contribution in [0.15, 0.2) is 0 Å². The summed E-state index contributed by atoms with van der Waals surface area (Å²) >= 11 is 0. The maximum Gasteiger partial charge on any atom is 0.0984 e. The molecule has 0 radical (unpaired) electrons. The Labute approximate surface area is 78.6 Å². The number of hydrogen-bond donors (Lipinski definition) is 1. The molecule has 1 aliphatic heterocycles. The maximum atomic E-state index is 5.68. The van der Waals surface area contributed by atoms with E-state index in [0.717, 1.165) is 13.0 Å². The van der Waals surface area contributed by atoms with Gasteiger partial charge in [0.05, 0.1) is 33.0 Å². The van der Waals surface area contributed by atoms with Gasteiger partial charge in [-0.3, -0.25) is 9.68 Å². The Balaban J connectivity index is 2.07. The summed E-state index contributed by atoms with van der Waals surface area (Å²) < 4.78 is 5.04. The van der Waals surface area contributed by atoms with Crippen LogP contribution < -0.4 is 5.73 Å². The van der Waals surface area contributed by atoms with E-state index in [-0.39, 0.29) is 12.1 Å². The van der Waals surface area contributed by atoms with E-state index < -0.39 is 0 Å². The third-order valence-corrected chi connectivity index (χ3v) is 1.92. The summed E-state index contributed by atoms with van der Waals surface area (Å²) in [6.07, 6.45) is 1.16.